The highest BCUT2D eigenvalue weighted by Gasteiger charge is 2.22. The minimum absolute atomic E-state index is 0.427. The van der Waals surface area contributed by atoms with Gasteiger partial charge in [0.15, 0.2) is 0 Å². The molecule has 2 heterocycles. The number of hydrogen-bond donors (Lipinski definition) is 1. The maximum atomic E-state index is 10.4. The van der Waals surface area contributed by atoms with Crippen molar-refractivity contribution in [3.05, 3.63) is 39.1 Å². The monoisotopic (exact) mass is 282 g/mol. The Labute approximate surface area is 118 Å². The van der Waals surface area contributed by atoms with Gasteiger partial charge in [0.1, 0.15) is 11.5 Å². The molecule has 1 unspecified atom stereocenters. The summed E-state index contributed by atoms with van der Waals surface area (Å²) in [5.74, 6) is 1.61. The van der Waals surface area contributed by atoms with Crippen LogP contribution in [-0.2, 0) is 13.5 Å². The van der Waals surface area contributed by atoms with Crippen LogP contribution >= 0.6 is 11.6 Å². The van der Waals surface area contributed by atoms with E-state index in [9.17, 15) is 5.11 Å². The predicted molar refractivity (Wildman–Crippen MR) is 74.5 cm³/mol. The number of furan rings is 1. The van der Waals surface area contributed by atoms with Gasteiger partial charge in [-0.3, -0.25) is 4.68 Å². The standard InChI is InChI=1S/C14H19ClN2O2/c1-7-9(3)19-10(4)13(7)12(18)6-11-14(15)8(2)16-17(11)5/h12,18H,6H2,1-5H3. The molecule has 19 heavy (non-hydrogen) atoms. The number of aryl methyl sites for hydroxylation is 4. The van der Waals surface area contributed by atoms with Crippen molar-refractivity contribution in [3.8, 4) is 0 Å². The number of aliphatic hydroxyl groups is 1. The van der Waals surface area contributed by atoms with E-state index in [4.69, 9.17) is 16.0 Å². The lowest BCUT2D eigenvalue weighted by atomic mass is 10.0. The smallest absolute Gasteiger partial charge is 0.107 e. The fourth-order valence-electron chi connectivity index (χ4n) is 2.49. The minimum atomic E-state index is -0.634. The zero-order valence-corrected chi connectivity index (χ0v) is 12.7. The van der Waals surface area contributed by atoms with E-state index in [1.54, 1.807) is 4.68 Å². The van der Waals surface area contributed by atoms with Crippen LogP contribution in [-0.4, -0.2) is 14.9 Å². The van der Waals surface area contributed by atoms with Crippen molar-refractivity contribution in [3.63, 3.8) is 0 Å². The Kier molecular flexibility index (Phi) is 3.74. The first-order chi connectivity index (χ1) is 8.82. The number of aromatic nitrogens is 2. The van der Waals surface area contributed by atoms with Crippen molar-refractivity contribution in [1.29, 1.82) is 0 Å². The lowest BCUT2D eigenvalue weighted by Crippen LogP contribution is -2.08. The quantitative estimate of drug-likeness (QED) is 0.941. The molecule has 0 saturated heterocycles. The summed E-state index contributed by atoms with van der Waals surface area (Å²) >= 11 is 6.21. The first-order valence-corrected chi connectivity index (χ1v) is 6.63. The Balaban J connectivity index is 2.33. The van der Waals surface area contributed by atoms with E-state index in [1.165, 1.54) is 0 Å². The summed E-state index contributed by atoms with van der Waals surface area (Å²) in [5.41, 5.74) is 3.47. The third kappa shape index (κ3) is 2.42. The van der Waals surface area contributed by atoms with Crippen LogP contribution in [0.2, 0.25) is 5.02 Å². The van der Waals surface area contributed by atoms with Gasteiger partial charge in [0.2, 0.25) is 0 Å². The average Bonchev–Trinajstić information content (AvgIpc) is 2.70. The van der Waals surface area contributed by atoms with Gasteiger partial charge in [-0.05, 0) is 33.3 Å². The number of aliphatic hydroxyl groups excluding tert-OH is 1. The van der Waals surface area contributed by atoms with Gasteiger partial charge in [0, 0.05) is 19.0 Å². The first-order valence-electron chi connectivity index (χ1n) is 6.25. The van der Waals surface area contributed by atoms with Crippen LogP contribution in [0.5, 0.6) is 0 Å². The SMILES string of the molecule is Cc1nn(C)c(CC(O)c2c(C)oc(C)c2C)c1Cl. The fourth-order valence-corrected chi connectivity index (χ4v) is 2.72. The molecule has 2 rings (SSSR count). The Morgan fingerprint density at radius 3 is 2.32 bits per heavy atom. The summed E-state index contributed by atoms with van der Waals surface area (Å²) in [5, 5.41) is 15.3. The Bertz CT molecular complexity index is 613. The highest BCUT2D eigenvalue weighted by molar-refractivity contribution is 6.31. The van der Waals surface area contributed by atoms with E-state index >= 15 is 0 Å². The fraction of sp³-hybridized carbons (Fsp3) is 0.500. The zero-order valence-electron chi connectivity index (χ0n) is 11.9. The molecule has 1 atom stereocenters. The molecule has 0 aliphatic rings. The Morgan fingerprint density at radius 2 is 1.89 bits per heavy atom. The van der Waals surface area contributed by atoms with E-state index < -0.39 is 6.10 Å². The summed E-state index contributed by atoms with van der Waals surface area (Å²) in [6.45, 7) is 7.59. The molecule has 0 radical (unpaired) electrons. The molecule has 5 heteroatoms. The predicted octanol–water partition coefficient (Wildman–Crippen LogP) is 3.18. The molecule has 0 bridgehead atoms. The highest BCUT2D eigenvalue weighted by atomic mass is 35.5. The van der Waals surface area contributed by atoms with Gasteiger partial charge >= 0.3 is 0 Å². The molecule has 0 fully saturated rings. The molecule has 2 aromatic rings. The third-order valence-electron chi connectivity index (χ3n) is 3.60. The molecule has 0 amide bonds. The van der Waals surface area contributed by atoms with Gasteiger partial charge in [-0.2, -0.15) is 5.10 Å². The molecule has 1 N–H and O–H groups in total. The van der Waals surface area contributed by atoms with Crippen molar-refractivity contribution >= 4 is 11.6 Å². The van der Waals surface area contributed by atoms with Crippen molar-refractivity contribution < 1.29 is 9.52 Å². The molecule has 2 aromatic heterocycles. The van der Waals surface area contributed by atoms with Crippen molar-refractivity contribution in [1.82, 2.24) is 9.78 Å². The van der Waals surface area contributed by atoms with Crippen LogP contribution in [0.25, 0.3) is 0 Å². The lowest BCUT2D eigenvalue weighted by Gasteiger charge is -2.12. The first kappa shape index (κ1) is 14.2. The van der Waals surface area contributed by atoms with Gasteiger partial charge in [-0.15, -0.1) is 0 Å². The third-order valence-corrected chi connectivity index (χ3v) is 4.09. The van der Waals surface area contributed by atoms with Gasteiger partial charge in [0.05, 0.1) is 22.5 Å². The molecule has 0 spiro atoms. The van der Waals surface area contributed by atoms with E-state index in [2.05, 4.69) is 5.10 Å². The zero-order chi connectivity index (χ0) is 14.3. The highest BCUT2D eigenvalue weighted by Crippen LogP contribution is 2.31. The van der Waals surface area contributed by atoms with Crippen LogP contribution in [0.4, 0.5) is 0 Å². The second-order valence-electron chi connectivity index (χ2n) is 4.94. The van der Waals surface area contributed by atoms with Crippen LogP contribution in [0, 0.1) is 27.7 Å². The minimum Gasteiger partial charge on any atom is -0.466 e. The molecule has 0 aliphatic heterocycles. The molecular weight excluding hydrogens is 264 g/mol. The second kappa shape index (κ2) is 5.02. The van der Waals surface area contributed by atoms with Gasteiger partial charge < -0.3 is 9.52 Å². The van der Waals surface area contributed by atoms with Crippen molar-refractivity contribution in [2.75, 3.05) is 0 Å². The van der Waals surface area contributed by atoms with E-state index in [1.807, 2.05) is 34.7 Å². The molecule has 0 saturated carbocycles. The normalized spacial score (nSPS) is 13.0. The van der Waals surface area contributed by atoms with Gasteiger partial charge in [0.25, 0.3) is 0 Å². The molecule has 104 valence electrons. The Morgan fingerprint density at radius 1 is 1.26 bits per heavy atom. The van der Waals surface area contributed by atoms with Gasteiger partial charge in [-0.1, -0.05) is 11.6 Å². The number of rotatable bonds is 3. The van der Waals surface area contributed by atoms with Crippen molar-refractivity contribution in [2.24, 2.45) is 7.05 Å². The maximum Gasteiger partial charge on any atom is 0.107 e. The summed E-state index contributed by atoms with van der Waals surface area (Å²) < 4.78 is 7.28. The molecule has 0 aromatic carbocycles. The second-order valence-corrected chi connectivity index (χ2v) is 5.32. The number of nitrogens with zero attached hydrogens (tertiary/aromatic N) is 2. The summed E-state index contributed by atoms with van der Waals surface area (Å²) in [7, 11) is 1.83. The van der Waals surface area contributed by atoms with Crippen molar-refractivity contribution in [2.45, 2.75) is 40.2 Å². The average molecular weight is 283 g/mol. The molecule has 4 nitrogen and oxygen atoms in total. The van der Waals surface area contributed by atoms with Crippen LogP contribution < -0.4 is 0 Å². The van der Waals surface area contributed by atoms with Crippen LogP contribution in [0.3, 0.4) is 0 Å². The number of hydrogen-bond acceptors (Lipinski definition) is 3. The Hall–Kier alpha value is -1.26. The van der Waals surface area contributed by atoms with E-state index in [-0.39, 0.29) is 0 Å². The largest absolute Gasteiger partial charge is 0.466 e. The van der Waals surface area contributed by atoms with E-state index in [0.717, 1.165) is 34.0 Å². The summed E-state index contributed by atoms with van der Waals surface area (Å²) in [6.07, 6.45) is -0.207. The number of halogens is 1. The summed E-state index contributed by atoms with van der Waals surface area (Å²) in [6, 6.07) is 0. The van der Waals surface area contributed by atoms with Crippen LogP contribution in [0.1, 0.15) is 40.1 Å². The molecule has 0 aliphatic carbocycles. The molecular formula is C14H19ClN2O2. The summed E-state index contributed by atoms with van der Waals surface area (Å²) in [4.78, 5) is 0. The van der Waals surface area contributed by atoms with Gasteiger partial charge in [-0.25, -0.2) is 0 Å². The van der Waals surface area contributed by atoms with Crippen LogP contribution in [0.15, 0.2) is 4.42 Å². The van der Waals surface area contributed by atoms with E-state index in [0.29, 0.717) is 11.4 Å². The maximum absolute atomic E-state index is 10.4. The topological polar surface area (TPSA) is 51.2 Å². The lowest BCUT2D eigenvalue weighted by molar-refractivity contribution is 0.173.